The molecule has 0 aliphatic carbocycles. The Labute approximate surface area is 144 Å². The SMILES string of the molecule is CC1=NC2(c3ccc(F)cc3F)COC(C3CCCO3)CC2CS1. The molecule has 1 aromatic carbocycles. The number of nitrogens with zero attached hydrogens (tertiary/aromatic N) is 1. The summed E-state index contributed by atoms with van der Waals surface area (Å²) >= 11 is 1.71. The molecule has 0 amide bonds. The van der Waals surface area contributed by atoms with E-state index < -0.39 is 17.2 Å². The van der Waals surface area contributed by atoms with Crippen molar-refractivity contribution in [2.24, 2.45) is 10.9 Å². The highest BCUT2D eigenvalue weighted by molar-refractivity contribution is 8.13. The van der Waals surface area contributed by atoms with Crippen LogP contribution in [0.15, 0.2) is 23.2 Å². The second-order valence-corrected chi connectivity index (χ2v) is 8.04. The van der Waals surface area contributed by atoms with Gasteiger partial charge in [-0.3, -0.25) is 4.99 Å². The number of hydrogen-bond acceptors (Lipinski definition) is 4. The van der Waals surface area contributed by atoms with Gasteiger partial charge in [-0.15, -0.1) is 11.8 Å². The van der Waals surface area contributed by atoms with Crippen molar-refractivity contribution in [3.05, 3.63) is 35.4 Å². The summed E-state index contributed by atoms with van der Waals surface area (Å²) < 4.78 is 39.8. The lowest BCUT2D eigenvalue weighted by Crippen LogP contribution is -2.51. The fourth-order valence-corrected chi connectivity index (χ4v) is 5.19. The summed E-state index contributed by atoms with van der Waals surface area (Å²) in [5.74, 6) is -0.0700. The molecule has 2 saturated heterocycles. The third-order valence-electron chi connectivity index (χ3n) is 5.34. The van der Waals surface area contributed by atoms with Crippen molar-refractivity contribution in [1.29, 1.82) is 0 Å². The average Bonchev–Trinajstić information content (AvgIpc) is 3.08. The molecule has 0 N–H and O–H groups in total. The zero-order valence-electron chi connectivity index (χ0n) is 13.6. The van der Waals surface area contributed by atoms with Crippen LogP contribution in [0.2, 0.25) is 0 Å². The lowest BCUT2D eigenvalue weighted by Gasteiger charge is -2.47. The van der Waals surface area contributed by atoms with E-state index >= 15 is 0 Å². The molecule has 130 valence electrons. The van der Waals surface area contributed by atoms with Crippen LogP contribution in [0, 0.1) is 17.6 Å². The van der Waals surface area contributed by atoms with E-state index in [0.717, 1.165) is 42.7 Å². The van der Waals surface area contributed by atoms with Crippen molar-refractivity contribution in [2.75, 3.05) is 19.0 Å². The van der Waals surface area contributed by atoms with E-state index in [1.165, 1.54) is 12.1 Å². The number of halogens is 2. The zero-order valence-corrected chi connectivity index (χ0v) is 14.5. The number of thioether (sulfide) groups is 1. The fraction of sp³-hybridized carbons (Fsp3) is 0.611. The van der Waals surface area contributed by atoms with Crippen LogP contribution in [0.25, 0.3) is 0 Å². The summed E-state index contributed by atoms with van der Waals surface area (Å²) in [6, 6.07) is 3.78. The third-order valence-corrected chi connectivity index (χ3v) is 6.42. The molecule has 4 unspecified atom stereocenters. The van der Waals surface area contributed by atoms with Crippen LogP contribution in [0.5, 0.6) is 0 Å². The molecule has 3 nitrogen and oxygen atoms in total. The molecule has 3 aliphatic rings. The van der Waals surface area contributed by atoms with Crippen molar-refractivity contribution in [1.82, 2.24) is 0 Å². The summed E-state index contributed by atoms with van der Waals surface area (Å²) in [7, 11) is 0. The second-order valence-electron chi connectivity index (χ2n) is 6.82. The van der Waals surface area contributed by atoms with Gasteiger partial charge in [0.25, 0.3) is 0 Å². The highest BCUT2D eigenvalue weighted by Crippen LogP contribution is 2.48. The second kappa shape index (κ2) is 6.39. The summed E-state index contributed by atoms with van der Waals surface area (Å²) in [5, 5.41) is 0.925. The number of rotatable bonds is 2. The topological polar surface area (TPSA) is 30.8 Å². The molecule has 6 heteroatoms. The minimum absolute atomic E-state index is 0.0448. The van der Waals surface area contributed by atoms with Crippen LogP contribution in [-0.2, 0) is 15.0 Å². The molecule has 1 aromatic rings. The largest absolute Gasteiger partial charge is 0.376 e. The maximum Gasteiger partial charge on any atom is 0.131 e. The zero-order chi connectivity index (χ0) is 16.7. The van der Waals surface area contributed by atoms with Crippen molar-refractivity contribution in [2.45, 2.75) is 43.9 Å². The number of fused-ring (bicyclic) bond motifs is 1. The quantitative estimate of drug-likeness (QED) is 0.808. The Morgan fingerprint density at radius 3 is 2.88 bits per heavy atom. The fourth-order valence-electron chi connectivity index (χ4n) is 4.11. The third kappa shape index (κ3) is 2.78. The van der Waals surface area contributed by atoms with E-state index in [4.69, 9.17) is 14.5 Å². The minimum atomic E-state index is -0.748. The van der Waals surface area contributed by atoms with E-state index in [0.29, 0.717) is 12.2 Å². The van der Waals surface area contributed by atoms with Gasteiger partial charge in [0.05, 0.1) is 23.9 Å². The molecule has 0 bridgehead atoms. The smallest absolute Gasteiger partial charge is 0.131 e. The van der Waals surface area contributed by atoms with Gasteiger partial charge in [-0.1, -0.05) is 6.07 Å². The predicted octanol–water partition coefficient (Wildman–Crippen LogP) is 3.91. The van der Waals surface area contributed by atoms with Gasteiger partial charge in [-0.2, -0.15) is 0 Å². The molecule has 0 saturated carbocycles. The van der Waals surface area contributed by atoms with Crippen LogP contribution >= 0.6 is 11.8 Å². The van der Waals surface area contributed by atoms with Gasteiger partial charge in [0.2, 0.25) is 0 Å². The average molecular weight is 353 g/mol. The molecule has 4 atom stereocenters. The minimum Gasteiger partial charge on any atom is -0.376 e. The summed E-state index contributed by atoms with van der Waals surface area (Å²) in [6.07, 6.45) is 3.07. The van der Waals surface area contributed by atoms with Crippen LogP contribution < -0.4 is 0 Å². The first-order valence-corrected chi connectivity index (χ1v) is 9.45. The van der Waals surface area contributed by atoms with Crippen molar-refractivity contribution < 1.29 is 18.3 Å². The van der Waals surface area contributed by atoms with E-state index in [1.807, 2.05) is 6.92 Å². The van der Waals surface area contributed by atoms with Gasteiger partial charge < -0.3 is 9.47 Å². The van der Waals surface area contributed by atoms with Gasteiger partial charge in [0.15, 0.2) is 0 Å². The van der Waals surface area contributed by atoms with Crippen molar-refractivity contribution >= 4 is 16.8 Å². The van der Waals surface area contributed by atoms with E-state index in [9.17, 15) is 8.78 Å². The van der Waals surface area contributed by atoms with E-state index in [1.54, 1.807) is 11.8 Å². The Hall–Kier alpha value is -0.980. The van der Waals surface area contributed by atoms with Crippen LogP contribution in [0.3, 0.4) is 0 Å². The van der Waals surface area contributed by atoms with Gasteiger partial charge in [-0.05, 0) is 32.3 Å². The first kappa shape index (κ1) is 16.5. The standard InChI is InChI=1S/C18H21F2NO2S/c1-11-21-18(14-5-4-13(19)8-15(14)20)10-23-17(7-12(18)9-24-11)16-3-2-6-22-16/h4-5,8,12,16-17H,2-3,6-7,9-10H2,1H3. The number of hydrogen-bond donors (Lipinski definition) is 0. The van der Waals surface area contributed by atoms with Crippen molar-refractivity contribution in [3.8, 4) is 0 Å². The van der Waals surface area contributed by atoms with Gasteiger partial charge in [0, 0.05) is 29.9 Å². The van der Waals surface area contributed by atoms with E-state index in [2.05, 4.69) is 0 Å². The monoisotopic (exact) mass is 353 g/mol. The number of aliphatic imine (C=N–C) groups is 1. The summed E-state index contributed by atoms with van der Waals surface area (Å²) in [4.78, 5) is 4.81. The normalized spacial score (nSPS) is 36.3. The molecule has 3 aliphatic heterocycles. The summed E-state index contributed by atoms with van der Waals surface area (Å²) in [6.45, 7) is 3.05. The lowest BCUT2D eigenvalue weighted by molar-refractivity contribution is -0.113. The highest BCUT2D eigenvalue weighted by Gasteiger charge is 2.50. The highest BCUT2D eigenvalue weighted by atomic mass is 32.2. The first-order valence-electron chi connectivity index (χ1n) is 8.46. The molecule has 24 heavy (non-hydrogen) atoms. The molecule has 3 heterocycles. The van der Waals surface area contributed by atoms with Crippen LogP contribution in [-0.4, -0.2) is 36.2 Å². The van der Waals surface area contributed by atoms with Crippen LogP contribution in [0.4, 0.5) is 8.78 Å². The maximum absolute atomic E-state index is 14.5. The van der Waals surface area contributed by atoms with Crippen LogP contribution in [0.1, 0.15) is 31.7 Å². The molecule has 0 aromatic heterocycles. The molecule has 0 radical (unpaired) electrons. The number of benzene rings is 1. The summed E-state index contributed by atoms with van der Waals surface area (Å²) in [5.41, 5.74) is -0.304. The van der Waals surface area contributed by atoms with E-state index in [-0.39, 0.29) is 18.1 Å². The van der Waals surface area contributed by atoms with Crippen molar-refractivity contribution in [3.63, 3.8) is 0 Å². The Balaban J connectivity index is 1.69. The number of ether oxygens (including phenoxy) is 2. The molecular weight excluding hydrogens is 332 g/mol. The lowest BCUT2D eigenvalue weighted by atomic mass is 9.74. The molecule has 4 rings (SSSR count). The Morgan fingerprint density at radius 1 is 1.25 bits per heavy atom. The van der Waals surface area contributed by atoms with Gasteiger partial charge in [-0.25, -0.2) is 8.78 Å². The molecule has 2 fully saturated rings. The molecular formula is C18H21F2NO2S. The maximum atomic E-state index is 14.5. The van der Waals surface area contributed by atoms with Gasteiger partial charge >= 0.3 is 0 Å². The Bertz CT molecular complexity index is 662. The Morgan fingerprint density at radius 2 is 2.12 bits per heavy atom. The predicted molar refractivity (Wildman–Crippen MR) is 90.4 cm³/mol. The Kier molecular flexibility index (Phi) is 4.39. The molecule has 0 spiro atoms. The van der Waals surface area contributed by atoms with Gasteiger partial charge in [0.1, 0.15) is 17.2 Å². The first-order chi connectivity index (χ1) is 11.6.